The van der Waals surface area contributed by atoms with E-state index in [1.54, 1.807) is 0 Å². The number of nitrogens with zero attached hydrogens (tertiary/aromatic N) is 2. The van der Waals surface area contributed by atoms with E-state index in [4.69, 9.17) is 0 Å². The summed E-state index contributed by atoms with van der Waals surface area (Å²) in [6.07, 6.45) is 5.57. The van der Waals surface area contributed by atoms with Crippen LogP contribution in [-0.4, -0.2) is 61.7 Å². The lowest BCUT2D eigenvalue weighted by Gasteiger charge is -2.42. The molecule has 2 rings (SSSR count). The number of piperazine rings is 1. The Hall–Kier alpha value is -0.120. The highest BCUT2D eigenvalue weighted by molar-refractivity contribution is 4.85. The lowest BCUT2D eigenvalue weighted by Crippen LogP contribution is -2.52. The molecular weight excluding hydrogens is 198 g/mol. The standard InChI is InChI=1S/C13H27N3/c1-3-15-7-9-16(10-8-15)13-6-4-5-12(11-13)14-2/h12-14H,3-11H2,1-2H3/t12-,13-/m0/s1. The SMILES string of the molecule is CCN1CCN([C@H]2CCC[C@H](NC)C2)CC1. The summed E-state index contributed by atoms with van der Waals surface area (Å²) in [6.45, 7) is 8.61. The first kappa shape index (κ1) is 12.3. The Kier molecular flexibility index (Phi) is 4.62. The lowest BCUT2D eigenvalue weighted by molar-refractivity contribution is 0.0750. The summed E-state index contributed by atoms with van der Waals surface area (Å²) < 4.78 is 0. The minimum Gasteiger partial charge on any atom is -0.317 e. The van der Waals surface area contributed by atoms with Crippen LogP contribution in [0.1, 0.15) is 32.6 Å². The number of likely N-dealkylation sites (N-methyl/N-ethyl adjacent to an activating group) is 1. The molecule has 1 saturated carbocycles. The van der Waals surface area contributed by atoms with Crippen LogP contribution in [0, 0.1) is 0 Å². The molecule has 0 aromatic heterocycles. The van der Waals surface area contributed by atoms with Crippen LogP contribution in [0.15, 0.2) is 0 Å². The quantitative estimate of drug-likeness (QED) is 0.777. The molecular formula is C13H27N3. The molecule has 2 atom stereocenters. The molecule has 0 aromatic carbocycles. The van der Waals surface area contributed by atoms with Crippen molar-refractivity contribution < 1.29 is 0 Å². The van der Waals surface area contributed by atoms with Gasteiger partial charge in [0.2, 0.25) is 0 Å². The molecule has 0 aromatic rings. The highest BCUT2D eigenvalue weighted by Gasteiger charge is 2.27. The number of hydrogen-bond donors (Lipinski definition) is 1. The maximum atomic E-state index is 3.46. The molecule has 16 heavy (non-hydrogen) atoms. The third kappa shape index (κ3) is 2.96. The molecule has 0 amide bonds. The second-order valence-electron chi connectivity index (χ2n) is 5.28. The Labute approximate surface area is 100 Å². The molecule has 2 aliphatic rings. The molecule has 0 bridgehead atoms. The topological polar surface area (TPSA) is 18.5 Å². The summed E-state index contributed by atoms with van der Waals surface area (Å²) in [7, 11) is 2.11. The van der Waals surface area contributed by atoms with E-state index in [-0.39, 0.29) is 0 Å². The fraction of sp³-hybridized carbons (Fsp3) is 1.00. The molecule has 0 radical (unpaired) electrons. The third-order valence-corrected chi connectivity index (χ3v) is 4.43. The number of nitrogens with one attached hydrogen (secondary N) is 1. The van der Waals surface area contributed by atoms with E-state index in [0.29, 0.717) is 0 Å². The molecule has 0 spiro atoms. The summed E-state index contributed by atoms with van der Waals surface area (Å²) >= 11 is 0. The first-order valence-corrected chi connectivity index (χ1v) is 6.97. The predicted molar refractivity (Wildman–Crippen MR) is 68.8 cm³/mol. The van der Waals surface area contributed by atoms with Crippen LogP contribution in [0.25, 0.3) is 0 Å². The average molecular weight is 225 g/mol. The molecule has 2 fully saturated rings. The Morgan fingerprint density at radius 3 is 2.50 bits per heavy atom. The largest absolute Gasteiger partial charge is 0.317 e. The molecule has 1 saturated heterocycles. The van der Waals surface area contributed by atoms with E-state index in [2.05, 4.69) is 29.1 Å². The molecule has 1 aliphatic carbocycles. The maximum Gasteiger partial charge on any atom is 0.0113 e. The van der Waals surface area contributed by atoms with Crippen LogP contribution in [0.3, 0.4) is 0 Å². The van der Waals surface area contributed by atoms with Crippen LogP contribution < -0.4 is 5.32 Å². The van der Waals surface area contributed by atoms with E-state index < -0.39 is 0 Å². The Morgan fingerprint density at radius 1 is 1.12 bits per heavy atom. The van der Waals surface area contributed by atoms with Crippen molar-refractivity contribution >= 4 is 0 Å². The second kappa shape index (κ2) is 5.99. The molecule has 3 heteroatoms. The second-order valence-corrected chi connectivity index (χ2v) is 5.28. The van der Waals surface area contributed by atoms with Gasteiger partial charge in [0, 0.05) is 38.3 Å². The van der Waals surface area contributed by atoms with Crippen molar-refractivity contribution in [3.63, 3.8) is 0 Å². The van der Waals surface area contributed by atoms with Crippen molar-refractivity contribution in [1.29, 1.82) is 0 Å². The zero-order valence-electron chi connectivity index (χ0n) is 10.9. The van der Waals surface area contributed by atoms with Gasteiger partial charge in [-0.05, 0) is 32.9 Å². The third-order valence-electron chi connectivity index (χ3n) is 4.43. The van der Waals surface area contributed by atoms with Crippen LogP contribution >= 0.6 is 0 Å². The number of rotatable bonds is 3. The first-order chi connectivity index (χ1) is 7.83. The Morgan fingerprint density at radius 2 is 1.88 bits per heavy atom. The summed E-state index contributed by atoms with van der Waals surface area (Å²) in [6, 6.07) is 1.62. The molecule has 1 aliphatic heterocycles. The van der Waals surface area contributed by atoms with Crippen molar-refractivity contribution in [2.24, 2.45) is 0 Å². The van der Waals surface area contributed by atoms with Crippen molar-refractivity contribution in [1.82, 2.24) is 15.1 Å². The van der Waals surface area contributed by atoms with E-state index >= 15 is 0 Å². The van der Waals surface area contributed by atoms with Crippen LogP contribution in [0.4, 0.5) is 0 Å². The summed E-state index contributed by atoms with van der Waals surface area (Å²) in [5.74, 6) is 0. The first-order valence-electron chi connectivity index (χ1n) is 6.97. The van der Waals surface area contributed by atoms with Crippen LogP contribution in [0.5, 0.6) is 0 Å². The average Bonchev–Trinajstić information content (AvgIpc) is 2.39. The normalized spacial score (nSPS) is 34.1. The van der Waals surface area contributed by atoms with Gasteiger partial charge in [0.15, 0.2) is 0 Å². The summed E-state index contributed by atoms with van der Waals surface area (Å²) in [5, 5.41) is 3.46. The van der Waals surface area contributed by atoms with E-state index in [1.807, 2.05) is 0 Å². The van der Waals surface area contributed by atoms with E-state index in [0.717, 1.165) is 12.1 Å². The highest BCUT2D eigenvalue weighted by atomic mass is 15.3. The Bertz CT molecular complexity index is 199. The fourth-order valence-corrected chi connectivity index (χ4v) is 3.20. The van der Waals surface area contributed by atoms with Gasteiger partial charge in [0.05, 0.1) is 0 Å². The van der Waals surface area contributed by atoms with E-state index in [1.165, 1.54) is 58.4 Å². The van der Waals surface area contributed by atoms with Gasteiger partial charge in [-0.2, -0.15) is 0 Å². The van der Waals surface area contributed by atoms with Gasteiger partial charge in [-0.3, -0.25) is 4.90 Å². The van der Waals surface area contributed by atoms with Gasteiger partial charge in [0.25, 0.3) is 0 Å². The Balaban J connectivity index is 1.79. The molecule has 0 unspecified atom stereocenters. The minimum atomic E-state index is 0.767. The fourth-order valence-electron chi connectivity index (χ4n) is 3.20. The van der Waals surface area contributed by atoms with Gasteiger partial charge in [-0.15, -0.1) is 0 Å². The van der Waals surface area contributed by atoms with Gasteiger partial charge >= 0.3 is 0 Å². The molecule has 1 heterocycles. The minimum absolute atomic E-state index is 0.767. The van der Waals surface area contributed by atoms with Crippen LogP contribution in [0.2, 0.25) is 0 Å². The van der Waals surface area contributed by atoms with Crippen molar-refractivity contribution in [3.8, 4) is 0 Å². The highest BCUT2D eigenvalue weighted by Crippen LogP contribution is 2.23. The van der Waals surface area contributed by atoms with Gasteiger partial charge in [-0.25, -0.2) is 0 Å². The number of hydrogen-bond acceptors (Lipinski definition) is 3. The zero-order chi connectivity index (χ0) is 11.4. The van der Waals surface area contributed by atoms with E-state index in [9.17, 15) is 0 Å². The van der Waals surface area contributed by atoms with Crippen molar-refractivity contribution in [3.05, 3.63) is 0 Å². The molecule has 1 N–H and O–H groups in total. The zero-order valence-corrected chi connectivity index (χ0v) is 10.9. The summed E-state index contributed by atoms with van der Waals surface area (Å²) in [5.41, 5.74) is 0. The van der Waals surface area contributed by atoms with Crippen molar-refractivity contribution in [2.45, 2.75) is 44.7 Å². The van der Waals surface area contributed by atoms with Gasteiger partial charge in [0.1, 0.15) is 0 Å². The summed E-state index contributed by atoms with van der Waals surface area (Å²) in [4.78, 5) is 5.30. The molecule has 94 valence electrons. The molecule has 3 nitrogen and oxygen atoms in total. The maximum absolute atomic E-state index is 3.46. The smallest absolute Gasteiger partial charge is 0.0113 e. The van der Waals surface area contributed by atoms with Gasteiger partial charge in [-0.1, -0.05) is 13.3 Å². The lowest BCUT2D eigenvalue weighted by atomic mass is 9.89. The predicted octanol–water partition coefficient (Wildman–Crippen LogP) is 1.15. The monoisotopic (exact) mass is 225 g/mol. The van der Waals surface area contributed by atoms with Crippen LogP contribution in [-0.2, 0) is 0 Å². The van der Waals surface area contributed by atoms with Gasteiger partial charge < -0.3 is 10.2 Å². The van der Waals surface area contributed by atoms with Crippen molar-refractivity contribution in [2.75, 3.05) is 39.8 Å².